The molecule has 1 heterocycles. The van der Waals surface area contributed by atoms with Crippen molar-refractivity contribution >= 4 is 0 Å². The van der Waals surface area contributed by atoms with E-state index in [1.165, 1.54) is 24.4 Å². The number of rotatable bonds is 5. The summed E-state index contributed by atoms with van der Waals surface area (Å²) >= 11 is 0. The van der Waals surface area contributed by atoms with E-state index in [-0.39, 0.29) is 11.7 Å². The van der Waals surface area contributed by atoms with E-state index in [1.807, 2.05) is 0 Å². The van der Waals surface area contributed by atoms with Gasteiger partial charge in [0.1, 0.15) is 11.6 Å². The smallest absolute Gasteiger partial charge is 0.256 e. The lowest BCUT2D eigenvalue weighted by molar-refractivity contribution is 0.414. The van der Waals surface area contributed by atoms with Crippen LogP contribution in [0.25, 0.3) is 0 Å². The first kappa shape index (κ1) is 13.9. The number of pyridine rings is 1. The van der Waals surface area contributed by atoms with Crippen LogP contribution in [0, 0.1) is 18.6 Å². The number of nitrogens with zero attached hydrogens (tertiary/aromatic N) is 1. The van der Waals surface area contributed by atoms with Crippen LogP contribution in [0.1, 0.15) is 24.0 Å². The molecule has 0 bridgehead atoms. The third kappa shape index (κ3) is 3.36. The molecule has 1 fully saturated rings. The second-order valence-corrected chi connectivity index (χ2v) is 5.26. The first-order chi connectivity index (χ1) is 10.1. The molecule has 1 aliphatic rings. The van der Waals surface area contributed by atoms with Gasteiger partial charge in [0, 0.05) is 24.3 Å². The summed E-state index contributed by atoms with van der Waals surface area (Å²) in [6.07, 6.45) is 3.80. The molecule has 1 saturated carbocycles. The van der Waals surface area contributed by atoms with Crippen LogP contribution in [0.15, 0.2) is 30.5 Å². The van der Waals surface area contributed by atoms with Gasteiger partial charge in [0.05, 0.1) is 0 Å². The van der Waals surface area contributed by atoms with Crippen LogP contribution in [0.5, 0.6) is 11.6 Å². The summed E-state index contributed by atoms with van der Waals surface area (Å²) in [5.41, 5.74) is 1.12. The summed E-state index contributed by atoms with van der Waals surface area (Å²) in [7, 11) is 0. The Labute approximate surface area is 122 Å². The topological polar surface area (TPSA) is 34.1 Å². The highest BCUT2D eigenvalue weighted by atomic mass is 19.1. The first-order valence-electron chi connectivity index (χ1n) is 6.94. The molecule has 0 spiro atoms. The van der Waals surface area contributed by atoms with Gasteiger partial charge in [0.2, 0.25) is 0 Å². The maximum atomic E-state index is 14.3. The second-order valence-electron chi connectivity index (χ2n) is 5.26. The Morgan fingerprint density at radius 2 is 2.10 bits per heavy atom. The van der Waals surface area contributed by atoms with Gasteiger partial charge in [-0.05, 0) is 49.6 Å². The minimum atomic E-state index is -0.477. The molecule has 1 aromatic carbocycles. The Hall–Kier alpha value is -2.01. The van der Waals surface area contributed by atoms with Crippen molar-refractivity contribution in [3.05, 3.63) is 53.2 Å². The van der Waals surface area contributed by atoms with Crippen molar-refractivity contribution in [1.29, 1.82) is 0 Å². The van der Waals surface area contributed by atoms with Gasteiger partial charge in [0.25, 0.3) is 5.88 Å². The monoisotopic (exact) mass is 290 g/mol. The van der Waals surface area contributed by atoms with Gasteiger partial charge in [-0.15, -0.1) is 0 Å². The molecule has 5 heteroatoms. The van der Waals surface area contributed by atoms with Crippen molar-refractivity contribution in [1.82, 2.24) is 10.3 Å². The van der Waals surface area contributed by atoms with Gasteiger partial charge >= 0.3 is 0 Å². The molecule has 1 aromatic heterocycles. The molecule has 21 heavy (non-hydrogen) atoms. The highest BCUT2D eigenvalue weighted by Crippen LogP contribution is 2.27. The number of hydrogen-bond donors (Lipinski definition) is 1. The van der Waals surface area contributed by atoms with E-state index in [4.69, 9.17) is 4.74 Å². The first-order valence-corrected chi connectivity index (χ1v) is 6.94. The Kier molecular flexibility index (Phi) is 3.84. The lowest BCUT2D eigenvalue weighted by atomic mass is 10.2. The van der Waals surface area contributed by atoms with E-state index in [2.05, 4.69) is 10.3 Å². The van der Waals surface area contributed by atoms with E-state index < -0.39 is 5.82 Å². The fraction of sp³-hybridized carbons (Fsp3) is 0.312. The number of halogens is 2. The van der Waals surface area contributed by atoms with Crippen LogP contribution >= 0.6 is 0 Å². The highest BCUT2D eigenvalue weighted by molar-refractivity contribution is 5.36. The third-order valence-corrected chi connectivity index (χ3v) is 3.44. The molecular formula is C16H16F2N2O. The molecule has 3 nitrogen and oxygen atoms in total. The zero-order valence-electron chi connectivity index (χ0n) is 11.7. The average molecular weight is 290 g/mol. The summed E-state index contributed by atoms with van der Waals surface area (Å²) in [5, 5.41) is 3.25. The quantitative estimate of drug-likeness (QED) is 0.911. The molecule has 0 unspecified atom stereocenters. The Balaban J connectivity index is 1.79. The Morgan fingerprint density at radius 3 is 2.81 bits per heavy atom. The Bertz CT molecular complexity index is 657. The minimum Gasteiger partial charge on any atom is -0.436 e. The lowest BCUT2D eigenvalue weighted by Gasteiger charge is -2.11. The van der Waals surface area contributed by atoms with E-state index in [9.17, 15) is 8.78 Å². The van der Waals surface area contributed by atoms with Crippen LogP contribution in [0.3, 0.4) is 0 Å². The predicted octanol–water partition coefficient (Wildman–Crippen LogP) is 3.71. The molecule has 110 valence electrons. The largest absolute Gasteiger partial charge is 0.436 e. The summed E-state index contributed by atoms with van der Waals surface area (Å²) in [6, 6.07) is 6.22. The molecule has 0 atom stereocenters. The van der Waals surface area contributed by atoms with Crippen LogP contribution in [-0.4, -0.2) is 11.0 Å². The van der Waals surface area contributed by atoms with Gasteiger partial charge in [-0.25, -0.2) is 13.8 Å². The predicted molar refractivity (Wildman–Crippen MR) is 75.3 cm³/mol. The zero-order chi connectivity index (χ0) is 14.8. The summed E-state index contributed by atoms with van der Waals surface area (Å²) < 4.78 is 32.9. The number of benzene rings is 1. The fourth-order valence-corrected chi connectivity index (χ4v) is 2.04. The summed E-state index contributed by atoms with van der Waals surface area (Å²) in [6.45, 7) is 2.16. The van der Waals surface area contributed by atoms with E-state index in [1.54, 1.807) is 13.0 Å². The summed E-state index contributed by atoms with van der Waals surface area (Å²) in [5.74, 6) is -0.514. The highest BCUT2D eigenvalue weighted by Gasteiger charge is 2.21. The number of nitrogens with one attached hydrogen (secondary N) is 1. The molecule has 3 rings (SSSR count). The number of aryl methyl sites for hydroxylation is 1. The van der Waals surface area contributed by atoms with Crippen LogP contribution in [0.4, 0.5) is 8.78 Å². The standard InChI is InChI=1S/C16H16F2N2O/c1-10-8-12(17)2-5-14(10)21-16-15(18)11(6-7-19-16)9-20-13-3-4-13/h2,5-8,13,20H,3-4,9H2,1H3. The molecule has 1 N–H and O–H groups in total. The van der Waals surface area contributed by atoms with Crippen LogP contribution < -0.4 is 10.1 Å². The number of ether oxygens (including phenoxy) is 1. The van der Waals surface area contributed by atoms with Crippen molar-refractivity contribution in [3.8, 4) is 11.6 Å². The molecule has 0 radical (unpaired) electrons. The van der Waals surface area contributed by atoms with Gasteiger partial charge in [0.15, 0.2) is 5.82 Å². The van der Waals surface area contributed by atoms with E-state index >= 15 is 0 Å². The Morgan fingerprint density at radius 1 is 1.29 bits per heavy atom. The van der Waals surface area contributed by atoms with Crippen LogP contribution in [-0.2, 0) is 6.54 Å². The molecular weight excluding hydrogens is 274 g/mol. The van der Waals surface area contributed by atoms with Crippen molar-refractivity contribution in [2.75, 3.05) is 0 Å². The van der Waals surface area contributed by atoms with Crippen molar-refractivity contribution < 1.29 is 13.5 Å². The lowest BCUT2D eigenvalue weighted by Crippen LogP contribution is -2.16. The van der Waals surface area contributed by atoms with E-state index in [0.29, 0.717) is 29.5 Å². The van der Waals surface area contributed by atoms with Gasteiger partial charge in [-0.1, -0.05) is 0 Å². The van der Waals surface area contributed by atoms with Crippen LogP contribution in [0.2, 0.25) is 0 Å². The van der Waals surface area contributed by atoms with Crippen molar-refractivity contribution in [2.45, 2.75) is 32.4 Å². The summed E-state index contributed by atoms with van der Waals surface area (Å²) in [4.78, 5) is 3.92. The molecule has 0 aliphatic heterocycles. The molecule has 0 amide bonds. The number of hydrogen-bond acceptors (Lipinski definition) is 3. The number of aromatic nitrogens is 1. The second kappa shape index (κ2) is 5.77. The average Bonchev–Trinajstić information content (AvgIpc) is 3.27. The molecule has 1 aliphatic carbocycles. The third-order valence-electron chi connectivity index (χ3n) is 3.44. The maximum absolute atomic E-state index is 14.3. The SMILES string of the molecule is Cc1cc(F)ccc1Oc1nccc(CNC2CC2)c1F. The zero-order valence-corrected chi connectivity index (χ0v) is 11.7. The van der Waals surface area contributed by atoms with Gasteiger partial charge in [-0.3, -0.25) is 0 Å². The normalized spacial score (nSPS) is 14.2. The van der Waals surface area contributed by atoms with Gasteiger partial charge in [-0.2, -0.15) is 0 Å². The fourth-order valence-electron chi connectivity index (χ4n) is 2.04. The maximum Gasteiger partial charge on any atom is 0.256 e. The van der Waals surface area contributed by atoms with Crippen molar-refractivity contribution in [3.63, 3.8) is 0 Å². The minimum absolute atomic E-state index is 0.0835. The molecule has 0 saturated heterocycles. The molecule has 2 aromatic rings. The van der Waals surface area contributed by atoms with Gasteiger partial charge < -0.3 is 10.1 Å². The van der Waals surface area contributed by atoms with E-state index in [0.717, 1.165) is 12.8 Å². The van der Waals surface area contributed by atoms with Crippen molar-refractivity contribution in [2.24, 2.45) is 0 Å².